The van der Waals surface area contributed by atoms with Gasteiger partial charge in [0, 0.05) is 24.8 Å². The molecule has 1 atom stereocenters. The maximum Gasteiger partial charge on any atom is 0.251 e. The molecule has 1 amide bonds. The van der Waals surface area contributed by atoms with Crippen LogP contribution in [-0.2, 0) is 9.84 Å². The molecule has 3 rings (SSSR count). The van der Waals surface area contributed by atoms with Crippen molar-refractivity contribution in [1.29, 1.82) is 0 Å². The number of benzene rings is 2. The number of nitrogens with one attached hydrogen (secondary N) is 1. The normalized spacial score (nSPS) is 18.0. The van der Waals surface area contributed by atoms with E-state index in [0.717, 1.165) is 12.2 Å². The van der Waals surface area contributed by atoms with Crippen LogP contribution in [0.2, 0.25) is 0 Å². The molecule has 0 radical (unpaired) electrons. The van der Waals surface area contributed by atoms with Crippen molar-refractivity contribution in [2.24, 2.45) is 0 Å². The second-order valence-corrected chi connectivity index (χ2v) is 7.91. The summed E-state index contributed by atoms with van der Waals surface area (Å²) in [4.78, 5) is 14.8. The zero-order chi connectivity index (χ0) is 17.3. The predicted molar refractivity (Wildman–Crippen MR) is 94.1 cm³/mol. The molecule has 0 saturated heterocycles. The highest BCUT2D eigenvalue weighted by Crippen LogP contribution is 2.33. The molecule has 0 unspecified atom stereocenters. The van der Waals surface area contributed by atoms with E-state index < -0.39 is 15.9 Å². The fraction of sp³-hybridized carbons (Fsp3) is 0.278. The molecule has 126 valence electrons. The lowest BCUT2D eigenvalue weighted by atomic mass is 10.1. The summed E-state index contributed by atoms with van der Waals surface area (Å²) in [6.45, 7) is 2.93. The van der Waals surface area contributed by atoms with Crippen LogP contribution in [0.15, 0.2) is 53.4 Å². The fourth-order valence-electron chi connectivity index (χ4n) is 2.86. The van der Waals surface area contributed by atoms with Gasteiger partial charge in [0.25, 0.3) is 5.91 Å². The van der Waals surface area contributed by atoms with Crippen LogP contribution >= 0.6 is 0 Å². The summed E-state index contributed by atoms with van der Waals surface area (Å²) < 4.78 is 24.4. The quantitative estimate of drug-likeness (QED) is 0.925. The van der Waals surface area contributed by atoms with Gasteiger partial charge in [-0.25, -0.2) is 8.42 Å². The molecule has 1 heterocycles. The first kappa shape index (κ1) is 16.5. The number of hydrogen-bond acceptors (Lipinski definition) is 4. The monoisotopic (exact) mass is 344 g/mol. The highest BCUT2D eigenvalue weighted by atomic mass is 32.2. The number of fused-ring (bicyclic) bond motifs is 1. The van der Waals surface area contributed by atoms with Crippen LogP contribution < -0.4 is 10.2 Å². The number of carbonyl (C=O) groups excluding carboxylic acids is 1. The lowest BCUT2D eigenvalue weighted by molar-refractivity contribution is 0.0940. The van der Waals surface area contributed by atoms with Crippen molar-refractivity contribution in [3.63, 3.8) is 0 Å². The second-order valence-electron chi connectivity index (χ2n) is 5.91. The van der Waals surface area contributed by atoms with Crippen molar-refractivity contribution in [2.75, 3.05) is 24.2 Å². The molecule has 0 spiro atoms. The van der Waals surface area contributed by atoms with E-state index in [4.69, 9.17) is 0 Å². The van der Waals surface area contributed by atoms with Gasteiger partial charge in [-0.05, 0) is 42.8 Å². The number of nitrogens with zero attached hydrogens (tertiary/aromatic N) is 1. The highest BCUT2D eigenvalue weighted by molar-refractivity contribution is 7.91. The molecule has 6 heteroatoms. The summed E-state index contributed by atoms with van der Waals surface area (Å²) in [6.07, 6.45) is 0. The number of amides is 1. The average molecular weight is 344 g/mol. The lowest BCUT2D eigenvalue weighted by Crippen LogP contribution is -2.29. The third-order valence-electron chi connectivity index (χ3n) is 4.37. The van der Waals surface area contributed by atoms with Crippen molar-refractivity contribution < 1.29 is 13.2 Å². The molecule has 2 aromatic rings. The van der Waals surface area contributed by atoms with E-state index in [1.165, 1.54) is 0 Å². The summed E-state index contributed by atoms with van der Waals surface area (Å²) in [5.74, 6) is -0.355. The number of hydrogen-bond donors (Lipinski definition) is 1. The van der Waals surface area contributed by atoms with E-state index in [9.17, 15) is 13.2 Å². The molecule has 2 aromatic carbocycles. The Morgan fingerprint density at radius 1 is 1.17 bits per heavy atom. The first-order valence-corrected chi connectivity index (χ1v) is 9.51. The van der Waals surface area contributed by atoms with Gasteiger partial charge in [-0.15, -0.1) is 0 Å². The van der Waals surface area contributed by atoms with E-state index >= 15 is 0 Å². The van der Waals surface area contributed by atoms with Gasteiger partial charge < -0.3 is 10.2 Å². The summed E-state index contributed by atoms with van der Waals surface area (Å²) in [7, 11) is -1.34. The molecule has 0 fully saturated rings. The Hall–Kier alpha value is -2.34. The molecular weight excluding hydrogens is 324 g/mol. The lowest BCUT2D eigenvalue weighted by Gasteiger charge is -2.17. The highest BCUT2D eigenvalue weighted by Gasteiger charge is 2.35. The van der Waals surface area contributed by atoms with Gasteiger partial charge in [-0.2, -0.15) is 0 Å². The zero-order valence-corrected chi connectivity index (χ0v) is 14.5. The molecule has 0 saturated carbocycles. The maximum atomic E-state index is 12.5. The molecule has 24 heavy (non-hydrogen) atoms. The molecule has 0 aromatic heterocycles. The van der Waals surface area contributed by atoms with Gasteiger partial charge >= 0.3 is 0 Å². The number of anilines is 1. The van der Waals surface area contributed by atoms with Gasteiger partial charge in [-0.1, -0.05) is 18.2 Å². The Morgan fingerprint density at radius 3 is 2.50 bits per heavy atom. The van der Waals surface area contributed by atoms with Crippen LogP contribution in [0.1, 0.15) is 28.9 Å². The molecule has 0 bridgehead atoms. The SMILES string of the molecule is CCN(C)c1ccc(C(=O)N[C@H]2CS(=O)(=O)c3ccccc32)cc1. The molecule has 0 aliphatic carbocycles. The topological polar surface area (TPSA) is 66.5 Å². The fourth-order valence-corrected chi connectivity index (χ4v) is 4.60. The van der Waals surface area contributed by atoms with E-state index in [2.05, 4.69) is 17.1 Å². The summed E-state index contributed by atoms with van der Waals surface area (Å²) in [5.41, 5.74) is 2.21. The van der Waals surface area contributed by atoms with Crippen molar-refractivity contribution in [2.45, 2.75) is 17.9 Å². The third-order valence-corrected chi connectivity index (χ3v) is 6.18. The Kier molecular flexibility index (Phi) is 4.32. The Morgan fingerprint density at radius 2 is 1.83 bits per heavy atom. The van der Waals surface area contributed by atoms with Crippen molar-refractivity contribution in [3.05, 3.63) is 59.7 Å². The Labute approximate surface area is 142 Å². The maximum absolute atomic E-state index is 12.5. The van der Waals surface area contributed by atoms with Crippen LogP contribution in [-0.4, -0.2) is 33.7 Å². The molecule has 5 nitrogen and oxygen atoms in total. The summed E-state index contributed by atoms with van der Waals surface area (Å²) >= 11 is 0. The first-order valence-electron chi connectivity index (χ1n) is 7.86. The molecular formula is C18H20N2O3S. The van der Waals surface area contributed by atoms with Gasteiger partial charge in [-0.3, -0.25) is 4.79 Å². The van der Waals surface area contributed by atoms with Crippen molar-refractivity contribution in [1.82, 2.24) is 5.32 Å². The average Bonchev–Trinajstić information content (AvgIpc) is 2.85. The van der Waals surface area contributed by atoms with E-state index in [1.807, 2.05) is 19.2 Å². The summed E-state index contributed by atoms with van der Waals surface area (Å²) in [6, 6.07) is 13.6. The van der Waals surface area contributed by atoms with Crippen LogP contribution in [0.5, 0.6) is 0 Å². The minimum absolute atomic E-state index is 0.0885. The number of sulfone groups is 1. The van der Waals surface area contributed by atoms with Crippen LogP contribution in [0, 0.1) is 0 Å². The van der Waals surface area contributed by atoms with Crippen molar-refractivity contribution in [3.8, 4) is 0 Å². The zero-order valence-electron chi connectivity index (χ0n) is 13.7. The van der Waals surface area contributed by atoms with Gasteiger partial charge in [0.1, 0.15) is 0 Å². The van der Waals surface area contributed by atoms with Gasteiger partial charge in [0.15, 0.2) is 9.84 Å². The minimum Gasteiger partial charge on any atom is -0.375 e. The largest absolute Gasteiger partial charge is 0.375 e. The van der Waals surface area contributed by atoms with E-state index in [0.29, 0.717) is 16.0 Å². The van der Waals surface area contributed by atoms with Gasteiger partial charge in [0.05, 0.1) is 16.7 Å². The smallest absolute Gasteiger partial charge is 0.251 e. The minimum atomic E-state index is -3.33. The van der Waals surface area contributed by atoms with E-state index in [1.54, 1.807) is 36.4 Å². The molecule has 1 aliphatic rings. The number of carbonyl (C=O) groups is 1. The van der Waals surface area contributed by atoms with Crippen LogP contribution in [0.25, 0.3) is 0 Å². The summed E-state index contributed by atoms with van der Waals surface area (Å²) in [5, 5.41) is 2.84. The van der Waals surface area contributed by atoms with Crippen LogP contribution in [0.3, 0.4) is 0 Å². The number of rotatable bonds is 4. The Bertz CT molecular complexity index is 860. The third kappa shape index (κ3) is 3.01. The van der Waals surface area contributed by atoms with Crippen LogP contribution in [0.4, 0.5) is 5.69 Å². The van der Waals surface area contributed by atoms with Crippen molar-refractivity contribution >= 4 is 21.4 Å². The standard InChI is InChI=1S/C18H20N2O3S/c1-3-20(2)14-10-8-13(9-11-14)18(21)19-16-12-24(22,23)17-7-5-4-6-15(16)17/h4-11,16H,3,12H2,1-2H3,(H,19,21)/t16-/m0/s1. The second kappa shape index (κ2) is 6.28. The first-order chi connectivity index (χ1) is 11.4. The Balaban J connectivity index is 1.79. The van der Waals surface area contributed by atoms with E-state index in [-0.39, 0.29) is 11.7 Å². The molecule has 1 N–H and O–H groups in total. The van der Waals surface area contributed by atoms with Gasteiger partial charge in [0.2, 0.25) is 0 Å². The molecule has 1 aliphatic heterocycles. The predicted octanol–water partition coefficient (Wildman–Crippen LogP) is 2.40.